The third kappa shape index (κ3) is 4.63. The molecule has 112 valence electrons. The van der Waals surface area contributed by atoms with Crippen molar-refractivity contribution in [3.8, 4) is 5.75 Å². The van der Waals surface area contributed by atoms with Crippen molar-refractivity contribution < 1.29 is 14.2 Å². The van der Waals surface area contributed by atoms with Gasteiger partial charge in [-0.05, 0) is 12.1 Å². The minimum absolute atomic E-state index is 0.363. The quantitative estimate of drug-likeness (QED) is 0.696. The van der Waals surface area contributed by atoms with E-state index in [0.717, 1.165) is 30.1 Å². The van der Waals surface area contributed by atoms with E-state index in [-0.39, 0.29) is 0 Å². The predicted molar refractivity (Wildman–Crippen MR) is 84.8 cm³/mol. The van der Waals surface area contributed by atoms with Crippen molar-refractivity contribution in [2.45, 2.75) is 0 Å². The first kappa shape index (κ1) is 16.7. The molecule has 0 bridgehead atoms. The maximum absolute atomic E-state index is 5.80. The summed E-state index contributed by atoms with van der Waals surface area (Å²) in [4.78, 5) is 2.49. The standard InChI is InChI=1S/C14H22N2O3S/c1-17-8-6-16(7-9-18-2)13-10-11(19-3)4-5-12(13)14(15)20/h4-5,10H,6-9H2,1-3H3,(H2,15,20). The van der Waals surface area contributed by atoms with Gasteiger partial charge < -0.3 is 24.8 Å². The maximum Gasteiger partial charge on any atom is 0.120 e. The molecule has 0 saturated carbocycles. The normalized spacial score (nSPS) is 10.3. The lowest BCUT2D eigenvalue weighted by molar-refractivity contribution is 0.190. The molecule has 0 aliphatic carbocycles. The smallest absolute Gasteiger partial charge is 0.120 e. The molecule has 1 rings (SSSR count). The summed E-state index contributed by atoms with van der Waals surface area (Å²) in [5.41, 5.74) is 7.57. The molecule has 0 amide bonds. The van der Waals surface area contributed by atoms with Crippen molar-refractivity contribution in [1.29, 1.82) is 0 Å². The molecule has 0 fully saturated rings. The first-order valence-electron chi connectivity index (χ1n) is 6.34. The van der Waals surface area contributed by atoms with Crippen LogP contribution in [-0.4, -0.2) is 52.6 Å². The minimum Gasteiger partial charge on any atom is -0.497 e. The number of methoxy groups -OCH3 is 3. The Morgan fingerprint density at radius 1 is 1.15 bits per heavy atom. The Morgan fingerprint density at radius 2 is 1.75 bits per heavy atom. The zero-order chi connectivity index (χ0) is 15.0. The van der Waals surface area contributed by atoms with Crippen LogP contribution in [-0.2, 0) is 9.47 Å². The molecular weight excluding hydrogens is 276 g/mol. The molecule has 1 aromatic rings. The number of rotatable bonds is 9. The van der Waals surface area contributed by atoms with Gasteiger partial charge in [-0.25, -0.2) is 0 Å². The fourth-order valence-electron chi connectivity index (χ4n) is 1.86. The second kappa shape index (κ2) is 8.73. The number of hydrogen-bond donors (Lipinski definition) is 1. The van der Waals surface area contributed by atoms with Crippen LogP contribution < -0.4 is 15.4 Å². The van der Waals surface area contributed by atoms with Crippen LogP contribution in [0.1, 0.15) is 5.56 Å². The highest BCUT2D eigenvalue weighted by Gasteiger charge is 2.14. The molecule has 0 radical (unpaired) electrons. The van der Waals surface area contributed by atoms with Crippen molar-refractivity contribution in [3.05, 3.63) is 23.8 Å². The zero-order valence-electron chi connectivity index (χ0n) is 12.2. The lowest BCUT2D eigenvalue weighted by Gasteiger charge is -2.27. The fourth-order valence-corrected chi connectivity index (χ4v) is 2.04. The Hall–Kier alpha value is -1.37. The summed E-state index contributed by atoms with van der Waals surface area (Å²) in [6.07, 6.45) is 0. The molecule has 5 nitrogen and oxygen atoms in total. The molecule has 0 atom stereocenters. The zero-order valence-corrected chi connectivity index (χ0v) is 13.0. The summed E-state index contributed by atoms with van der Waals surface area (Å²) in [6, 6.07) is 5.66. The lowest BCUT2D eigenvalue weighted by Crippen LogP contribution is -2.32. The molecule has 0 heterocycles. The molecule has 0 aliphatic heterocycles. The van der Waals surface area contributed by atoms with E-state index in [4.69, 9.17) is 32.2 Å². The average molecular weight is 298 g/mol. The first-order valence-corrected chi connectivity index (χ1v) is 6.75. The molecular formula is C14H22N2O3S. The summed E-state index contributed by atoms with van der Waals surface area (Å²) in [7, 11) is 4.98. The van der Waals surface area contributed by atoms with Gasteiger partial charge in [-0.2, -0.15) is 0 Å². The topological polar surface area (TPSA) is 57.0 Å². The third-order valence-corrected chi connectivity index (χ3v) is 3.16. The van der Waals surface area contributed by atoms with E-state index in [1.54, 1.807) is 21.3 Å². The van der Waals surface area contributed by atoms with Crippen LogP contribution in [0.2, 0.25) is 0 Å². The highest BCUT2D eigenvalue weighted by Crippen LogP contribution is 2.26. The lowest BCUT2D eigenvalue weighted by atomic mass is 10.1. The second-order valence-electron chi connectivity index (χ2n) is 4.22. The number of ether oxygens (including phenoxy) is 3. The first-order chi connectivity index (χ1) is 9.63. The van der Waals surface area contributed by atoms with E-state index >= 15 is 0 Å². The Labute approximate surface area is 125 Å². The molecule has 2 N–H and O–H groups in total. The van der Waals surface area contributed by atoms with Crippen molar-refractivity contribution in [2.75, 3.05) is 52.5 Å². The number of anilines is 1. The fraction of sp³-hybridized carbons (Fsp3) is 0.500. The van der Waals surface area contributed by atoms with E-state index in [9.17, 15) is 0 Å². The van der Waals surface area contributed by atoms with Crippen molar-refractivity contribution in [3.63, 3.8) is 0 Å². The van der Waals surface area contributed by atoms with Gasteiger partial charge in [0.25, 0.3) is 0 Å². The SMILES string of the molecule is COCCN(CCOC)c1cc(OC)ccc1C(N)=S. The van der Waals surface area contributed by atoms with Crippen molar-refractivity contribution in [2.24, 2.45) is 5.73 Å². The van der Waals surface area contributed by atoms with Crippen LogP contribution in [0, 0.1) is 0 Å². The largest absolute Gasteiger partial charge is 0.497 e. The Kier molecular flexibility index (Phi) is 7.28. The summed E-state index contributed by atoms with van der Waals surface area (Å²) >= 11 is 5.12. The van der Waals surface area contributed by atoms with Gasteiger partial charge in [-0.1, -0.05) is 12.2 Å². The molecule has 6 heteroatoms. The highest BCUT2D eigenvalue weighted by atomic mass is 32.1. The summed E-state index contributed by atoms with van der Waals surface area (Å²) in [6.45, 7) is 2.67. The van der Waals surface area contributed by atoms with Crippen molar-refractivity contribution >= 4 is 22.9 Å². The Bertz CT molecular complexity index is 432. The molecule has 0 spiro atoms. The van der Waals surface area contributed by atoms with Gasteiger partial charge in [-0.3, -0.25) is 0 Å². The van der Waals surface area contributed by atoms with Gasteiger partial charge in [0.2, 0.25) is 0 Å². The van der Waals surface area contributed by atoms with Gasteiger partial charge in [-0.15, -0.1) is 0 Å². The second-order valence-corrected chi connectivity index (χ2v) is 4.66. The van der Waals surface area contributed by atoms with E-state index in [2.05, 4.69) is 4.90 Å². The number of hydrogen-bond acceptors (Lipinski definition) is 5. The molecule has 0 aliphatic rings. The van der Waals surface area contributed by atoms with Crippen molar-refractivity contribution in [1.82, 2.24) is 0 Å². The van der Waals surface area contributed by atoms with Gasteiger partial charge in [0.1, 0.15) is 10.7 Å². The van der Waals surface area contributed by atoms with Crippen LogP contribution in [0.15, 0.2) is 18.2 Å². The van der Waals surface area contributed by atoms with E-state index in [1.807, 2.05) is 18.2 Å². The molecule has 20 heavy (non-hydrogen) atoms. The molecule has 0 saturated heterocycles. The van der Waals surface area contributed by atoms with Gasteiger partial charge in [0.05, 0.1) is 26.0 Å². The molecule has 0 aromatic heterocycles. The van der Waals surface area contributed by atoms with Crippen LogP contribution in [0.3, 0.4) is 0 Å². The summed E-state index contributed by atoms with van der Waals surface area (Å²) < 4.78 is 15.6. The van der Waals surface area contributed by atoms with Crippen LogP contribution >= 0.6 is 12.2 Å². The van der Waals surface area contributed by atoms with Crippen LogP contribution in [0.5, 0.6) is 5.75 Å². The monoisotopic (exact) mass is 298 g/mol. The van der Waals surface area contributed by atoms with Crippen LogP contribution in [0.25, 0.3) is 0 Å². The molecule has 1 aromatic carbocycles. The summed E-state index contributed by atoms with van der Waals surface area (Å²) in [5, 5.41) is 0. The molecule has 0 unspecified atom stereocenters. The van der Waals surface area contributed by atoms with Crippen LogP contribution in [0.4, 0.5) is 5.69 Å². The minimum atomic E-state index is 0.363. The van der Waals surface area contributed by atoms with E-state index in [0.29, 0.717) is 18.2 Å². The number of thiocarbonyl (C=S) groups is 1. The van der Waals surface area contributed by atoms with E-state index < -0.39 is 0 Å². The van der Waals surface area contributed by atoms with Gasteiger partial charge in [0.15, 0.2) is 0 Å². The Balaban J connectivity index is 3.09. The predicted octanol–water partition coefficient (Wildman–Crippen LogP) is 1.43. The van der Waals surface area contributed by atoms with Gasteiger partial charge >= 0.3 is 0 Å². The number of nitrogens with two attached hydrogens (primary N) is 1. The number of nitrogens with zero attached hydrogens (tertiary/aromatic N) is 1. The highest BCUT2D eigenvalue weighted by molar-refractivity contribution is 7.80. The Morgan fingerprint density at radius 3 is 2.20 bits per heavy atom. The third-order valence-electron chi connectivity index (χ3n) is 2.94. The number of benzene rings is 1. The van der Waals surface area contributed by atoms with E-state index in [1.165, 1.54) is 0 Å². The summed E-state index contributed by atoms with van der Waals surface area (Å²) in [5.74, 6) is 0.764. The van der Waals surface area contributed by atoms with Gasteiger partial charge in [0, 0.05) is 38.9 Å². The maximum atomic E-state index is 5.80. The average Bonchev–Trinajstić information content (AvgIpc) is 2.46.